The summed E-state index contributed by atoms with van der Waals surface area (Å²) in [7, 11) is -3.36. The van der Waals surface area contributed by atoms with Gasteiger partial charge in [0.1, 0.15) is 5.82 Å². The normalized spacial score (nSPS) is 15.1. The summed E-state index contributed by atoms with van der Waals surface area (Å²) >= 11 is 0. The zero-order valence-corrected chi connectivity index (χ0v) is 20.3. The Morgan fingerprint density at radius 3 is 2.50 bits per heavy atom. The molecule has 2 aromatic rings. The van der Waals surface area contributed by atoms with Gasteiger partial charge in [0.2, 0.25) is 10.0 Å². The van der Waals surface area contributed by atoms with Crippen LogP contribution in [0.15, 0.2) is 53.5 Å². The zero-order valence-electron chi connectivity index (χ0n) is 17.1. The summed E-state index contributed by atoms with van der Waals surface area (Å²) < 4.78 is 39.3. The zero-order chi connectivity index (χ0) is 20.9. The van der Waals surface area contributed by atoms with Crippen molar-refractivity contribution in [3.05, 3.63) is 65.5 Å². The van der Waals surface area contributed by atoms with Crippen LogP contribution in [0, 0.1) is 5.82 Å². The quantitative estimate of drug-likeness (QED) is 0.269. The fourth-order valence-electron chi connectivity index (χ4n) is 3.25. The van der Waals surface area contributed by atoms with Crippen molar-refractivity contribution >= 4 is 45.6 Å². The van der Waals surface area contributed by atoms with Gasteiger partial charge in [-0.15, -0.1) is 24.0 Å². The van der Waals surface area contributed by atoms with Crippen LogP contribution >= 0.6 is 24.0 Å². The smallest absolute Gasteiger partial charge is 0.229 e. The lowest BCUT2D eigenvalue weighted by Gasteiger charge is -2.19. The summed E-state index contributed by atoms with van der Waals surface area (Å²) in [6.07, 6.45) is 3.13. The summed E-state index contributed by atoms with van der Waals surface area (Å²) in [5.41, 5.74) is 2.24. The number of nitrogens with one attached hydrogen (secondary N) is 3. The molecule has 0 radical (unpaired) electrons. The van der Waals surface area contributed by atoms with Crippen LogP contribution in [0.5, 0.6) is 0 Å². The highest BCUT2D eigenvalue weighted by Gasteiger charge is 2.44. The molecule has 6 nitrogen and oxygen atoms in total. The molecule has 0 saturated heterocycles. The van der Waals surface area contributed by atoms with Crippen LogP contribution in [-0.2, 0) is 22.0 Å². The van der Waals surface area contributed by atoms with E-state index in [1.165, 1.54) is 6.07 Å². The number of hydrogen-bond acceptors (Lipinski definition) is 3. The molecule has 0 amide bonds. The summed E-state index contributed by atoms with van der Waals surface area (Å²) in [4.78, 5) is 4.60. The van der Waals surface area contributed by atoms with Gasteiger partial charge >= 0.3 is 0 Å². The average molecular weight is 546 g/mol. The van der Waals surface area contributed by atoms with Crippen LogP contribution in [0.2, 0.25) is 0 Å². The second kappa shape index (κ2) is 10.4. The van der Waals surface area contributed by atoms with E-state index in [9.17, 15) is 12.8 Å². The summed E-state index contributed by atoms with van der Waals surface area (Å²) in [6, 6.07) is 14.0. The monoisotopic (exact) mass is 546 g/mol. The molecule has 0 unspecified atom stereocenters. The summed E-state index contributed by atoms with van der Waals surface area (Å²) in [5, 5.41) is 6.57. The highest BCUT2D eigenvalue weighted by molar-refractivity contribution is 14.0. The Labute approximate surface area is 194 Å². The number of rotatable bonds is 8. The van der Waals surface area contributed by atoms with Gasteiger partial charge < -0.3 is 10.6 Å². The van der Waals surface area contributed by atoms with Crippen molar-refractivity contribution in [3.8, 4) is 0 Å². The topological polar surface area (TPSA) is 82.6 Å². The standard InChI is InChI=1S/C21H27FN4O2S.HI/c1-3-23-20(24-14-16-7-4-5-10-19(16)26-29(2,27)28)25-15-21(11-12-21)17-8-6-9-18(22)13-17;/h4-10,13,26H,3,11-12,14-15H2,1-2H3,(H2,23,24,25);1H. The number of guanidine groups is 1. The maximum atomic E-state index is 13.6. The molecule has 0 spiro atoms. The third kappa shape index (κ3) is 6.83. The van der Waals surface area contributed by atoms with E-state index in [2.05, 4.69) is 20.3 Å². The molecule has 1 saturated carbocycles. The lowest BCUT2D eigenvalue weighted by atomic mass is 9.96. The number of para-hydroxylation sites is 1. The predicted octanol–water partition coefficient (Wildman–Crippen LogP) is 3.60. The number of nitrogens with zero attached hydrogens (tertiary/aromatic N) is 1. The minimum atomic E-state index is -3.36. The van der Waals surface area contributed by atoms with Gasteiger partial charge in [-0.2, -0.15) is 0 Å². The predicted molar refractivity (Wildman–Crippen MR) is 130 cm³/mol. The number of anilines is 1. The van der Waals surface area contributed by atoms with Gasteiger partial charge in [0, 0.05) is 18.5 Å². The highest BCUT2D eigenvalue weighted by atomic mass is 127. The lowest BCUT2D eigenvalue weighted by molar-refractivity contribution is 0.606. The average Bonchev–Trinajstić information content (AvgIpc) is 3.45. The Kier molecular flexibility index (Phi) is 8.48. The molecule has 1 fully saturated rings. The molecule has 1 aliphatic rings. The second-order valence-corrected chi connectivity index (χ2v) is 9.12. The van der Waals surface area contributed by atoms with E-state index in [4.69, 9.17) is 0 Å². The molecular formula is C21H28FIN4O2S. The van der Waals surface area contributed by atoms with Crippen LogP contribution in [0.1, 0.15) is 30.9 Å². The number of sulfonamides is 1. The molecule has 0 atom stereocenters. The molecule has 0 aromatic heterocycles. The highest BCUT2D eigenvalue weighted by Crippen LogP contribution is 2.47. The molecule has 0 aliphatic heterocycles. The first-order chi connectivity index (χ1) is 13.8. The third-order valence-electron chi connectivity index (χ3n) is 4.95. The lowest BCUT2D eigenvalue weighted by Crippen LogP contribution is -2.41. The third-order valence-corrected chi connectivity index (χ3v) is 5.54. The van der Waals surface area contributed by atoms with Gasteiger partial charge in [-0.3, -0.25) is 4.72 Å². The fourth-order valence-corrected chi connectivity index (χ4v) is 3.85. The Balaban J connectivity index is 0.00000320. The van der Waals surface area contributed by atoms with Crippen LogP contribution in [-0.4, -0.2) is 33.7 Å². The van der Waals surface area contributed by atoms with Crippen molar-refractivity contribution in [2.45, 2.75) is 31.7 Å². The molecule has 3 rings (SSSR count). The SMILES string of the molecule is CCNC(=NCc1ccccc1NS(C)(=O)=O)NCC1(c2cccc(F)c2)CC1.I. The van der Waals surface area contributed by atoms with Gasteiger partial charge in [0.25, 0.3) is 0 Å². The molecule has 1 aliphatic carbocycles. The Morgan fingerprint density at radius 1 is 1.13 bits per heavy atom. The van der Waals surface area contributed by atoms with Gasteiger partial charge in [-0.25, -0.2) is 17.8 Å². The van der Waals surface area contributed by atoms with Gasteiger partial charge in [-0.1, -0.05) is 30.3 Å². The first kappa shape index (κ1) is 24.4. The molecule has 2 aromatic carbocycles. The van der Waals surface area contributed by atoms with Crippen molar-refractivity contribution in [3.63, 3.8) is 0 Å². The van der Waals surface area contributed by atoms with Crippen LogP contribution in [0.4, 0.5) is 10.1 Å². The van der Waals surface area contributed by atoms with Gasteiger partial charge in [-0.05, 0) is 49.1 Å². The number of hydrogen-bond donors (Lipinski definition) is 3. The van der Waals surface area contributed by atoms with Crippen molar-refractivity contribution in [1.29, 1.82) is 0 Å². The van der Waals surface area contributed by atoms with Crippen molar-refractivity contribution in [2.75, 3.05) is 24.1 Å². The molecule has 30 heavy (non-hydrogen) atoms. The Morgan fingerprint density at radius 2 is 1.87 bits per heavy atom. The fraction of sp³-hybridized carbons (Fsp3) is 0.381. The van der Waals surface area contributed by atoms with E-state index in [0.29, 0.717) is 31.3 Å². The van der Waals surface area contributed by atoms with Crippen molar-refractivity contribution in [2.24, 2.45) is 4.99 Å². The molecule has 164 valence electrons. The number of benzene rings is 2. The van der Waals surface area contributed by atoms with Crippen LogP contribution in [0.3, 0.4) is 0 Å². The summed E-state index contributed by atoms with van der Waals surface area (Å²) in [5.74, 6) is 0.425. The maximum absolute atomic E-state index is 13.6. The van der Waals surface area contributed by atoms with E-state index in [-0.39, 0.29) is 35.2 Å². The molecule has 3 N–H and O–H groups in total. The van der Waals surface area contributed by atoms with Crippen molar-refractivity contribution in [1.82, 2.24) is 10.6 Å². The van der Waals surface area contributed by atoms with Crippen molar-refractivity contribution < 1.29 is 12.8 Å². The summed E-state index contributed by atoms with van der Waals surface area (Å²) in [6.45, 7) is 3.66. The minimum absolute atomic E-state index is 0. The van der Waals surface area contributed by atoms with Gasteiger partial charge in [0.05, 0.1) is 18.5 Å². The Hall–Kier alpha value is -1.88. The van der Waals surface area contributed by atoms with E-state index in [1.807, 2.05) is 25.1 Å². The first-order valence-corrected chi connectivity index (χ1v) is 11.5. The molecule has 0 heterocycles. The Bertz CT molecular complexity index is 994. The van der Waals surface area contributed by atoms with E-state index in [1.54, 1.807) is 24.3 Å². The minimum Gasteiger partial charge on any atom is -0.357 e. The number of halogens is 2. The first-order valence-electron chi connectivity index (χ1n) is 9.65. The van der Waals surface area contributed by atoms with Crippen LogP contribution < -0.4 is 15.4 Å². The van der Waals surface area contributed by atoms with Crippen LogP contribution in [0.25, 0.3) is 0 Å². The van der Waals surface area contributed by atoms with E-state index < -0.39 is 10.0 Å². The molecule has 0 bridgehead atoms. The maximum Gasteiger partial charge on any atom is 0.229 e. The second-order valence-electron chi connectivity index (χ2n) is 7.37. The van der Waals surface area contributed by atoms with Gasteiger partial charge in [0.15, 0.2) is 5.96 Å². The molecular weight excluding hydrogens is 518 g/mol. The molecule has 9 heteroatoms. The number of aliphatic imine (C=N–C) groups is 1. The largest absolute Gasteiger partial charge is 0.357 e. The van der Waals surface area contributed by atoms with E-state index in [0.717, 1.165) is 30.2 Å². The van der Waals surface area contributed by atoms with E-state index >= 15 is 0 Å².